The molecule has 0 saturated carbocycles. The van der Waals surface area contributed by atoms with E-state index in [1.165, 1.54) is 0 Å². The quantitative estimate of drug-likeness (QED) is 0.332. The van der Waals surface area contributed by atoms with Gasteiger partial charge in [-0.1, -0.05) is 12.1 Å². The number of rotatable bonds is 10. The summed E-state index contributed by atoms with van der Waals surface area (Å²) in [7, 11) is 3.16. The number of benzene rings is 2. The molecule has 11 heteroatoms. The van der Waals surface area contributed by atoms with Crippen LogP contribution in [0, 0.1) is 10.1 Å². The Hall–Kier alpha value is -3.44. The summed E-state index contributed by atoms with van der Waals surface area (Å²) in [5.74, 6) is 1.21. The van der Waals surface area contributed by atoms with E-state index in [-0.39, 0.29) is 11.2 Å². The summed E-state index contributed by atoms with van der Waals surface area (Å²) in [6, 6.07) is 9.01. The molecule has 176 valence electrons. The van der Waals surface area contributed by atoms with E-state index in [4.69, 9.17) is 18.8 Å². The van der Waals surface area contributed by atoms with Gasteiger partial charge in [0.1, 0.15) is 11.2 Å². The number of ether oxygens (including phenoxy) is 3. The molecule has 1 aromatic heterocycles. The largest absolute Gasteiger partial charge is 0.493 e. The van der Waals surface area contributed by atoms with E-state index in [1.54, 1.807) is 26.4 Å². The van der Waals surface area contributed by atoms with Crippen molar-refractivity contribution >= 4 is 22.4 Å². The van der Waals surface area contributed by atoms with Crippen molar-refractivity contribution in [3.8, 4) is 11.5 Å². The number of hydrogen-bond acceptors (Lipinski definition) is 10. The van der Waals surface area contributed by atoms with Crippen molar-refractivity contribution < 1.29 is 23.8 Å². The summed E-state index contributed by atoms with van der Waals surface area (Å²) in [6.45, 7) is 5.09. The maximum absolute atomic E-state index is 12.0. The molecule has 0 spiro atoms. The summed E-state index contributed by atoms with van der Waals surface area (Å²) in [5.41, 5.74) is 1.67. The lowest BCUT2D eigenvalue weighted by atomic mass is 10.1. The number of para-hydroxylation sites is 1. The fourth-order valence-corrected chi connectivity index (χ4v) is 4.14. The Morgan fingerprint density at radius 3 is 2.70 bits per heavy atom. The maximum Gasteiger partial charge on any atom is 0.323 e. The van der Waals surface area contributed by atoms with Crippen LogP contribution in [0.5, 0.6) is 11.5 Å². The Morgan fingerprint density at radius 2 is 1.97 bits per heavy atom. The van der Waals surface area contributed by atoms with E-state index in [0.717, 1.165) is 44.8 Å². The molecule has 3 aromatic rings. The van der Waals surface area contributed by atoms with Crippen molar-refractivity contribution in [2.45, 2.75) is 13.0 Å². The van der Waals surface area contributed by atoms with Gasteiger partial charge in [-0.15, -0.1) is 0 Å². The molecule has 0 unspecified atom stereocenters. The van der Waals surface area contributed by atoms with Crippen molar-refractivity contribution in [1.29, 1.82) is 0 Å². The average Bonchev–Trinajstić information content (AvgIpc) is 3.32. The molecule has 1 saturated heterocycles. The number of aromatic nitrogens is 2. The van der Waals surface area contributed by atoms with Crippen molar-refractivity contribution in [3.63, 3.8) is 0 Å². The van der Waals surface area contributed by atoms with Crippen LogP contribution in [0.1, 0.15) is 12.0 Å². The zero-order chi connectivity index (χ0) is 23.2. The van der Waals surface area contributed by atoms with Crippen molar-refractivity contribution in [3.05, 3.63) is 46.0 Å². The predicted octanol–water partition coefficient (Wildman–Crippen LogP) is 2.88. The van der Waals surface area contributed by atoms with E-state index in [2.05, 4.69) is 15.2 Å². The smallest absolute Gasteiger partial charge is 0.323 e. The molecule has 0 aliphatic carbocycles. The van der Waals surface area contributed by atoms with Crippen LogP contribution in [-0.4, -0.2) is 73.7 Å². The minimum atomic E-state index is -0.431. The Bertz CT molecular complexity index is 1100. The first-order valence-electron chi connectivity index (χ1n) is 10.8. The van der Waals surface area contributed by atoms with Crippen LogP contribution in [-0.2, 0) is 11.3 Å². The lowest BCUT2D eigenvalue weighted by Gasteiger charge is -2.29. The zero-order valence-electron chi connectivity index (χ0n) is 18.7. The minimum Gasteiger partial charge on any atom is -0.493 e. The lowest BCUT2D eigenvalue weighted by Crippen LogP contribution is -2.38. The average molecular weight is 457 g/mol. The van der Waals surface area contributed by atoms with E-state index >= 15 is 0 Å². The second-order valence-corrected chi connectivity index (χ2v) is 7.70. The van der Waals surface area contributed by atoms with Crippen LogP contribution >= 0.6 is 0 Å². The van der Waals surface area contributed by atoms with E-state index in [1.807, 2.05) is 23.1 Å². The zero-order valence-corrected chi connectivity index (χ0v) is 18.7. The Kier molecular flexibility index (Phi) is 7.20. The standard InChI is InChI=1S/C22H27N5O6/c1-30-19-6-3-5-16(22(19)31-2)15-26(10-4-9-25-11-13-32-14-12-25)18-8-7-17-20(24-33-23-17)21(18)27(28)29/h3,5-8H,4,9-15H2,1-2H3. The molecule has 0 N–H and O–H groups in total. The number of nitro groups is 1. The highest BCUT2D eigenvalue weighted by Crippen LogP contribution is 2.37. The van der Waals surface area contributed by atoms with Gasteiger partial charge in [-0.3, -0.25) is 15.0 Å². The molecule has 2 heterocycles. The molecule has 11 nitrogen and oxygen atoms in total. The van der Waals surface area contributed by atoms with Gasteiger partial charge in [0.2, 0.25) is 5.52 Å². The van der Waals surface area contributed by atoms with Gasteiger partial charge in [-0.05, 0) is 34.9 Å². The fraction of sp³-hybridized carbons (Fsp3) is 0.455. The molecule has 0 radical (unpaired) electrons. The lowest BCUT2D eigenvalue weighted by molar-refractivity contribution is -0.382. The van der Waals surface area contributed by atoms with Gasteiger partial charge in [-0.25, -0.2) is 4.63 Å². The number of anilines is 1. The Labute approximate surface area is 190 Å². The van der Waals surface area contributed by atoms with Crippen LogP contribution in [0.4, 0.5) is 11.4 Å². The van der Waals surface area contributed by atoms with Gasteiger partial charge in [0, 0.05) is 38.3 Å². The first kappa shape index (κ1) is 22.7. The van der Waals surface area contributed by atoms with Crippen LogP contribution in [0.2, 0.25) is 0 Å². The highest BCUT2D eigenvalue weighted by Gasteiger charge is 2.27. The third-order valence-electron chi connectivity index (χ3n) is 5.75. The maximum atomic E-state index is 12.0. The minimum absolute atomic E-state index is 0.123. The van der Waals surface area contributed by atoms with Gasteiger partial charge >= 0.3 is 5.69 Å². The fourth-order valence-electron chi connectivity index (χ4n) is 4.14. The second-order valence-electron chi connectivity index (χ2n) is 7.70. The number of fused-ring (bicyclic) bond motifs is 1. The highest BCUT2D eigenvalue weighted by molar-refractivity contribution is 5.91. The first-order valence-corrected chi connectivity index (χ1v) is 10.8. The molecule has 1 fully saturated rings. The summed E-state index contributed by atoms with van der Waals surface area (Å²) >= 11 is 0. The van der Waals surface area contributed by atoms with E-state index in [9.17, 15) is 10.1 Å². The van der Waals surface area contributed by atoms with Crippen molar-refractivity contribution in [2.75, 3.05) is 58.5 Å². The summed E-state index contributed by atoms with van der Waals surface area (Å²) in [5, 5.41) is 19.6. The van der Waals surface area contributed by atoms with E-state index < -0.39 is 4.92 Å². The second kappa shape index (κ2) is 10.5. The molecule has 0 atom stereocenters. The molecule has 0 amide bonds. The Balaban J connectivity index is 1.67. The highest BCUT2D eigenvalue weighted by atomic mass is 16.6. The SMILES string of the molecule is COc1cccc(CN(CCCN2CCOCC2)c2ccc3nonc3c2[N+](=O)[O-])c1OC. The number of morpholine rings is 1. The molecule has 1 aliphatic heterocycles. The monoisotopic (exact) mass is 457 g/mol. The molecular formula is C22H27N5O6. The molecule has 4 rings (SSSR count). The number of nitro benzene ring substituents is 1. The molecule has 2 aromatic carbocycles. The van der Waals surface area contributed by atoms with Crippen LogP contribution in [0.15, 0.2) is 35.0 Å². The molecular weight excluding hydrogens is 430 g/mol. The van der Waals surface area contributed by atoms with E-state index in [0.29, 0.717) is 35.8 Å². The number of hydrogen-bond donors (Lipinski definition) is 0. The van der Waals surface area contributed by atoms with Gasteiger partial charge in [0.05, 0.1) is 32.4 Å². The van der Waals surface area contributed by atoms with Gasteiger partial charge < -0.3 is 19.1 Å². The summed E-state index contributed by atoms with van der Waals surface area (Å²) in [4.78, 5) is 15.9. The van der Waals surface area contributed by atoms with Crippen LogP contribution < -0.4 is 14.4 Å². The number of methoxy groups -OCH3 is 2. The van der Waals surface area contributed by atoms with Gasteiger partial charge in [-0.2, -0.15) is 0 Å². The molecule has 33 heavy (non-hydrogen) atoms. The van der Waals surface area contributed by atoms with Crippen molar-refractivity contribution in [1.82, 2.24) is 15.2 Å². The number of nitrogens with zero attached hydrogens (tertiary/aromatic N) is 5. The molecule has 0 bridgehead atoms. The van der Waals surface area contributed by atoms with Crippen molar-refractivity contribution in [2.24, 2.45) is 0 Å². The Morgan fingerprint density at radius 1 is 1.15 bits per heavy atom. The predicted molar refractivity (Wildman–Crippen MR) is 121 cm³/mol. The van der Waals surface area contributed by atoms with Crippen LogP contribution in [0.3, 0.4) is 0 Å². The van der Waals surface area contributed by atoms with Gasteiger partial charge in [0.15, 0.2) is 11.5 Å². The third kappa shape index (κ3) is 4.99. The van der Waals surface area contributed by atoms with Gasteiger partial charge in [0.25, 0.3) is 0 Å². The summed E-state index contributed by atoms with van der Waals surface area (Å²) < 4.78 is 21.2. The normalized spacial score (nSPS) is 14.4. The molecule has 1 aliphatic rings. The topological polar surface area (TPSA) is 116 Å². The first-order chi connectivity index (χ1) is 16.1. The van der Waals surface area contributed by atoms with Crippen LogP contribution in [0.25, 0.3) is 11.0 Å². The third-order valence-corrected chi connectivity index (χ3v) is 5.75. The summed E-state index contributed by atoms with van der Waals surface area (Å²) in [6.07, 6.45) is 0.818.